The van der Waals surface area contributed by atoms with E-state index in [9.17, 15) is 4.79 Å². The fourth-order valence-corrected chi connectivity index (χ4v) is 2.03. The first-order valence-electron chi connectivity index (χ1n) is 6.12. The van der Waals surface area contributed by atoms with Gasteiger partial charge in [-0.15, -0.1) is 0 Å². The Hall–Kier alpha value is -0.260. The summed E-state index contributed by atoms with van der Waals surface area (Å²) < 4.78 is 5.04. The monoisotopic (exact) mass is 262 g/mol. The van der Waals surface area contributed by atoms with Crippen LogP contribution in [0.2, 0.25) is 0 Å². The van der Waals surface area contributed by atoms with Gasteiger partial charge < -0.3 is 15.4 Å². The predicted molar refractivity (Wildman–Crippen MR) is 74.3 cm³/mol. The van der Waals surface area contributed by atoms with Crippen LogP contribution in [0, 0.1) is 0 Å². The summed E-state index contributed by atoms with van der Waals surface area (Å²) in [6.07, 6.45) is 3.69. The Bertz CT molecular complexity index is 215. The maximum Gasteiger partial charge on any atom is 0.239 e. The Morgan fingerprint density at radius 2 is 2.18 bits per heavy atom. The molecule has 0 saturated carbocycles. The van der Waals surface area contributed by atoms with Crippen LogP contribution in [0.5, 0.6) is 0 Å². The fraction of sp³-hybridized carbons (Fsp3) is 0.917. The van der Waals surface area contributed by atoms with Crippen molar-refractivity contribution < 1.29 is 9.53 Å². The average molecular weight is 262 g/mol. The quantitative estimate of drug-likeness (QED) is 0.681. The summed E-state index contributed by atoms with van der Waals surface area (Å²) in [5, 5.41) is 0. The molecule has 0 aromatic rings. The van der Waals surface area contributed by atoms with Crippen molar-refractivity contribution in [2.45, 2.75) is 38.8 Å². The molecule has 0 rings (SSSR count). The van der Waals surface area contributed by atoms with Crippen molar-refractivity contribution in [1.82, 2.24) is 4.90 Å². The van der Waals surface area contributed by atoms with Crippen molar-refractivity contribution in [2.75, 3.05) is 32.3 Å². The third kappa shape index (κ3) is 6.29. The minimum Gasteiger partial charge on any atom is -0.383 e. The van der Waals surface area contributed by atoms with E-state index in [1.807, 2.05) is 11.2 Å². The Morgan fingerprint density at radius 3 is 2.65 bits per heavy atom. The number of amides is 1. The van der Waals surface area contributed by atoms with Gasteiger partial charge in [-0.1, -0.05) is 6.92 Å². The van der Waals surface area contributed by atoms with Gasteiger partial charge in [0.15, 0.2) is 0 Å². The maximum atomic E-state index is 12.2. The zero-order chi connectivity index (χ0) is 13.3. The van der Waals surface area contributed by atoms with Crippen LogP contribution in [0.25, 0.3) is 0 Å². The molecule has 0 radical (unpaired) electrons. The maximum absolute atomic E-state index is 12.2. The van der Waals surface area contributed by atoms with Crippen LogP contribution in [0.1, 0.15) is 26.7 Å². The topological polar surface area (TPSA) is 55.6 Å². The van der Waals surface area contributed by atoms with Crippen molar-refractivity contribution in [3.63, 3.8) is 0 Å². The van der Waals surface area contributed by atoms with Gasteiger partial charge in [-0.05, 0) is 31.8 Å². The van der Waals surface area contributed by atoms with E-state index >= 15 is 0 Å². The van der Waals surface area contributed by atoms with Gasteiger partial charge in [-0.25, -0.2) is 0 Å². The second kappa shape index (κ2) is 9.74. The number of thioether (sulfide) groups is 1. The van der Waals surface area contributed by atoms with Crippen LogP contribution in [0.3, 0.4) is 0 Å². The van der Waals surface area contributed by atoms with Crippen LogP contribution in [-0.2, 0) is 9.53 Å². The molecule has 0 saturated heterocycles. The van der Waals surface area contributed by atoms with Crippen LogP contribution in [-0.4, -0.2) is 55.2 Å². The number of hydrogen-bond donors (Lipinski definition) is 1. The number of carbonyl (C=O) groups excluding carboxylic acids is 1. The molecule has 2 atom stereocenters. The number of ether oxygens (including phenoxy) is 1. The SMILES string of the molecule is CCC(C)N(CCOC)C(=O)[C@H](N)CCSC. The van der Waals surface area contributed by atoms with E-state index in [4.69, 9.17) is 10.5 Å². The number of methoxy groups -OCH3 is 1. The van der Waals surface area contributed by atoms with Crippen LogP contribution in [0.4, 0.5) is 0 Å². The lowest BCUT2D eigenvalue weighted by molar-refractivity contribution is -0.135. The standard InChI is InChI=1S/C12H26N2O2S/c1-5-10(2)14(7-8-16-3)12(15)11(13)6-9-17-4/h10-11H,5-9,13H2,1-4H3/t10?,11-/m1/s1. The highest BCUT2D eigenvalue weighted by Gasteiger charge is 2.23. The summed E-state index contributed by atoms with van der Waals surface area (Å²) in [5.74, 6) is 0.969. The summed E-state index contributed by atoms with van der Waals surface area (Å²) in [6.45, 7) is 5.31. The van der Waals surface area contributed by atoms with E-state index in [-0.39, 0.29) is 18.0 Å². The van der Waals surface area contributed by atoms with Crippen LogP contribution in [0.15, 0.2) is 0 Å². The van der Waals surface area contributed by atoms with Gasteiger partial charge in [-0.3, -0.25) is 4.79 Å². The van der Waals surface area contributed by atoms with E-state index in [2.05, 4.69) is 13.8 Å². The van der Waals surface area contributed by atoms with E-state index in [0.29, 0.717) is 13.2 Å². The summed E-state index contributed by atoms with van der Waals surface area (Å²) in [7, 11) is 1.65. The molecule has 0 aromatic heterocycles. The molecule has 0 spiro atoms. The predicted octanol–water partition coefficient (Wildman–Crippen LogP) is 1.34. The van der Waals surface area contributed by atoms with Gasteiger partial charge in [0.25, 0.3) is 0 Å². The normalized spacial score (nSPS) is 14.4. The first-order valence-corrected chi connectivity index (χ1v) is 7.51. The molecule has 0 bridgehead atoms. The summed E-state index contributed by atoms with van der Waals surface area (Å²) in [4.78, 5) is 14.0. The minimum atomic E-state index is -0.381. The minimum absolute atomic E-state index is 0.0467. The highest BCUT2D eigenvalue weighted by atomic mass is 32.2. The third-order valence-corrected chi connectivity index (χ3v) is 3.54. The lowest BCUT2D eigenvalue weighted by atomic mass is 10.1. The van der Waals surface area contributed by atoms with Crippen molar-refractivity contribution in [2.24, 2.45) is 5.73 Å². The zero-order valence-corrected chi connectivity index (χ0v) is 12.3. The van der Waals surface area contributed by atoms with E-state index in [1.54, 1.807) is 18.9 Å². The van der Waals surface area contributed by atoms with Crippen molar-refractivity contribution in [3.8, 4) is 0 Å². The molecule has 0 heterocycles. The molecule has 0 aliphatic heterocycles. The molecule has 102 valence electrons. The summed E-state index contributed by atoms with van der Waals surface area (Å²) >= 11 is 1.72. The Balaban J connectivity index is 4.39. The molecule has 4 nitrogen and oxygen atoms in total. The first-order chi connectivity index (χ1) is 8.08. The molecule has 17 heavy (non-hydrogen) atoms. The smallest absolute Gasteiger partial charge is 0.239 e. The zero-order valence-electron chi connectivity index (χ0n) is 11.4. The third-order valence-electron chi connectivity index (χ3n) is 2.89. The molecule has 1 amide bonds. The number of rotatable bonds is 9. The van der Waals surface area contributed by atoms with Gasteiger partial charge in [0, 0.05) is 19.7 Å². The van der Waals surface area contributed by atoms with Crippen LogP contribution < -0.4 is 5.73 Å². The molecular weight excluding hydrogens is 236 g/mol. The Labute approximate surface area is 109 Å². The van der Waals surface area contributed by atoms with Gasteiger partial charge >= 0.3 is 0 Å². The molecule has 0 fully saturated rings. The largest absolute Gasteiger partial charge is 0.383 e. The Kier molecular flexibility index (Phi) is 9.59. The number of hydrogen-bond acceptors (Lipinski definition) is 4. The van der Waals surface area contributed by atoms with E-state index in [1.165, 1.54) is 0 Å². The molecule has 0 aromatic carbocycles. The van der Waals surface area contributed by atoms with Gasteiger partial charge in [0.1, 0.15) is 0 Å². The molecule has 0 aliphatic rings. The van der Waals surface area contributed by atoms with Gasteiger partial charge in [0.2, 0.25) is 5.91 Å². The lowest BCUT2D eigenvalue weighted by Crippen LogP contribution is -2.49. The van der Waals surface area contributed by atoms with Gasteiger partial charge in [-0.2, -0.15) is 11.8 Å². The van der Waals surface area contributed by atoms with Crippen molar-refractivity contribution >= 4 is 17.7 Å². The molecule has 0 aliphatic carbocycles. The lowest BCUT2D eigenvalue weighted by Gasteiger charge is -2.30. The molecular formula is C12H26N2O2S. The van der Waals surface area contributed by atoms with Crippen molar-refractivity contribution in [3.05, 3.63) is 0 Å². The highest BCUT2D eigenvalue weighted by Crippen LogP contribution is 2.08. The fourth-order valence-electron chi connectivity index (χ4n) is 1.54. The number of carbonyl (C=O) groups is 1. The highest BCUT2D eigenvalue weighted by molar-refractivity contribution is 7.98. The van der Waals surface area contributed by atoms with Crippen molar-refractivity contribution in [1.29, 1.82) is 0 Å². The summed E-state index contributed by atoms with van der Waals surface area (Å²) in [6, 6.07) is -0.161. The van der Waals surface area contributed by atoms with E-state index in [0.717, 1.165) is 18.6 Å². The second-order valence-corrected chi connectivity index (χ2v) is 5.16. The summed E-state index contributed by atoms with van der Waals surface area (Å²) in [5.41, 5.74) is 5.92. The first kappa shape index (κ1) is 16.7. The number of nitrogens with zero attached hydrogens (tertiary/aromatic N) is 1. The Morgan fingerprint density at radius 1 is 1.53 bits per heavy atom. The molecule has 2 N–H and O–H groups in total. The number of nitrogens with two attached hydrogens (primary N) is 1. The van der Waals surface area contributed by atoms with Gasteiger partial charge in [0.05, 0.1) is 12.6 Å². The second-order valence-electron chi connectivity index (χ2n) is 4.17. The molecule has 1 unspecified atom stereocenters. The van der Waals surface area contributed by atoms with Crippen LogP contribution >= 0.6 is 11.8 Å². The molecule has 5 heteroatoms. The average Bonchev–Trinajstić information content (AvgIpc) is 2.35. The van der Waals surface area contributed by atoms with E-state index < -0.39 is 0 Å².